The lowest BCUT2D eigenvalue weighted by Crippen LogP contribution is -2.06. The van der Waals surface area contributed by atoms with Crippen molar-refractivity contribution in [1.82, 2.24) is 0 Å². The standard InChI is InChI=1S/C6H8F3O/c7-6(8,9)4-2-1-3-5-10/h1-4H2. The minimum absolute atomic E-state index is 0.0265. The van der Waals surface area contributed by atoms with Gasteiger partial charge in [-0.2, -0.15) is 13.2 Å². The average Bonchev–Trinajstić information content (AvgIpc) is 1.78. The number of halogens is 3. The van der Waals surface area contributed by atoms with E-state index >= 15 is 0 Å². The molecule has 0 aliphatic carbocycles. The third-order valence-electron chi connectivity index (χ3n) is 0.989. The quantitative estimate of drug-likeness (QED) is 0.566. The molecule has 0 aromatic carbocycles. The van der Waals surface area contributed by atoms with Crippen molar-refractivity contribution >= 4 is 6.29 Å². The summed E-state index contributed by atoms with van der Waals surface area (Å²) in [6.07, 6.45) is -2.93. The van der Waals surface area contributed by atoms with Gasteiger partial charge in [-0.25, -0.2) is 0 Å². The first kappa shape index (κ1) is 9.46. The van der Waals surface area contributed by atoms with Gasteiger partial charge in [0.2, 0.25) is 0 Å². The van der Waals surface area contributed by atoms with Crippen LogP contribution in [0.15, 0.2) is 0 Å². The molecule has 0 aromatic heterocycles. The SMILES string of the molecule is O=[C]CCCCC(F)(F)F. The van der Waals surface area contributed by atoms with E-state index in [2.05, 4.69) is 0 Å². The van der Waals surface area contributed by atoms with Gasteiger partial charge in [-0.1, -0.05) is 0 Å². The molecule has 10 heavy (non-hydrogen) atoms. The lowest BCUT2D eigenvalue weighted by molar-refractivity contribution is -0.135. The molecule has 1 nitrogen and oxygen atoms in total. The summed E-state index contributed by atoms with van der Waals surface area (Å²) in [5.74, 6) is 0. The molecule has 1 radical (unpaired) electrons. The molecule has 0 saturated heterocycles. The zero-order valence-electron chi connectivity index (χ0n) is 5.37. The van der Waals surface area contributed by atoms with Crippen LogP contribution in [0.25, 0.3) is 0 Å². The van der Waals surface area contributed by atoms with E-state index in [9.17, 15) is 18.0 Å². The summed E-state index contributed by atoms with van der Waals surface area (Å²) in [6.45, 7) is 0. The number of alkyl halides is 3. The first-order valence-electron chi connectivity index (χ1n) is 2.98. The third kappa shape index (κ3) is 7.46. The fraction of sp³-hybridized carbons (Fsp3) is 0.833. The van der Waals surface area contributed by atoms with Crippen molar-refractivity contribution in [3.63, 3.8) is 0 Å². The highest BCUT2D eigenvalue weighted by Gasteiger charge is 2.25. The second-order valence-electron chi connectivity index (χ2n) is 1.97. The van der Waals surface area contributed by atoms with Crippen molar-refractivity contribution in [3.8, 4) is 0 Å². The van der Waals surface area contributed by atoms with Crippen molar-refractivity contribution in [2.24, 2.45) is 0 Å². The largest absolute Gasteiger partial charge is 0.389 e. The topological polar surface area (TPSA) is 17.1 Å². The maximum absolute atomic E-state index is 11.4. The number of rotatable bonds is 4. The van der Waals surface area contributed by atoms with E-state index in [1.807, 2.05) is 0 Å². The molecule has 0 N–H and O–H groups in total. The van der Waals surface area contributed by atoms with Crippen LogP contribution in [0.4, 0.5) is 13.2 Å². The van der Waals surface area contributed by atoms with Crippen LogP contribution in [0, 0.1) is 0 Å². The van der Waals surface area contributed by atoms with E-state index in [-0.39, 0.29) is 19.3 Å². The van der Waals surface area contributed by atoms with Gasteiger partial charge in [0.25, 0.3) is 0 Å². The van der Waals surface area contributed by atoms with Crippen LogP contribution < -0.4 is 0 Å². The molecular formula is C6H8F3O. The average molecular weight is 153 g/mol. The van der Waals surface area contributed by atoms with Crippen LogP contribution in [0.3, 0.4) is 0 Å². The van der Waals surface area contributed by atoms with Crippen molar-refractivity contribution < 1.29 is 18.0 Å². The Balaban J connectivity index is 3.12. The van der Waals surface area contributed by atoms with Gasteiger partial charge in [0, 0.05) is 12.8 Å². The van der Waals surface area contributed by atoms with Gasteiger partial charge in [-0.15, -0.1) is 0 Å². The molecule has 0 spiro atoms. The third-order valence-corrected chi connectivity index (χ3v) is 0.989. The molecule has 0 heterocycles. The molecular weight excluding hydrogens is 145 g/mol. The first-order valence-corrected chi connectivity index (χ1v) is 2.98. The Kier molecular flexibility index (Phi) is 4.07. The van der Waals surface area contributed by atoms with Gasteiger partial charge < -0.3 is 0 Å². The number of hydrogen-bond donors (Lipinski definition) is 0. The molecule has 4 heteroatoms. The van der Waals surface area contributed by atoms with E-state index in [1.54, 1.807) is 0 Å². The van der Waals surface area contributed by atoms with Crippen molar-refractivity contribution in [2.75, 3.05) is 0 Å². The molecule has 0 amide bonds. The van der Waals surface area contributed by atoms with Crippen LogP contribution in [0.1, 0.15) is 25.7 Å². The zero-order valence-corrected chi connectivity index (χ0v) is 5.37. The highest BCUT2D eigenvalue weighted by Crippen LogP contribution is 2.22. The predicted octanol–water partition coefficient (Wildman–Crippen LogP) is 2.22. The van der Waals surface area contributed by atoms with Gasteiger partial charge in [0.15, 0.2) is 6.29 Å². The van der Waals surface area contributed by atoms with Crippen LogP contribution in [-0.2, 0) is 4.79 Å². The molecule has 0 aliphatic rings. The zero-order chi connectivity index (χ0) is 8.04. The lowest BCUT2D eigenvalue weighted by Gasteiger charge is -2.02. The summed E-state index contributed by atoms with van der Waals surface area (Å²) in [5.41, 5.74) is 0. The summed E-state index contributed by atoms with van der Waals surface area (Å²) >= 11 is 0. The van der Waals surface area contributed by atoms with E-state index < -0.39 is 12.6 Å². The summed E-state index contributed by atoms with van der Waals surface area (Å²) in [6, 6.07) is 0. The van der Waals surface area contributed by atoms with Crippen LogP contribution in [-0.4, -0.2) is 12.5 Å². The Labute approximate surface area is 57.2 Å². The maximum atomic E-state index is 11.4. The molecule has 0 fully saturated rings. The summed E-state index contributed by atoms with van der Waals surface area (Å²) in [7, 11) is 0. The van der Waals surface area contributed by atoms with Crippen LogP contribution in [0.2, 0.25) is 0 Å². The van der Waals surface area contributed by atoms with Crippen molar-refractivity contribution in [2.45, 2.75) is 31.9 Å². The maximum Gasteiger partial charge on any atom is 0.389 e. The molecule has 0 saturated carbocycles. The van der Waals surface area contributed by atoms with Crippen LogP contribution in [0.5, 0.6) is 0 Å². The summed E-state index contributed by atoms with van der Waals surface area (Å²) < 4.78 is 34.2. The van der Waals surface area contributed by atoms with Gasteiger partial charge >= 0.3 is 6.18 Å². The van der Waals surface area contributed by atoms with E-state index in [1.165, 1.54) is 6.29 Å². The minimum atomic E-state index is -4.08. The second-order valence-corrected chi connectivity index (χ2v) is 1.97. The molecule has 0 rings (SSSR count). The number of carbonyl (C=O) groups excluding carboxylic acids is 1. The molecule has 0 aliphatic heterocycles. The molecule has 0 atom stereocenters. The number of hydrogen-bond acceptors (Lipinski definition) is 1. The Morgan fingerprint density at radius 1 is 1.20 bits per heavy atom. The highest BCUT2D eigenvalue weighted by atomic mass is 19.4. The molecule has 0 unspecified atom stereocenters. The van der Waals surface area contributed by atoms with Crippen molar-refractivity contribution in [3.05, 3.63) is 0 Å². The van der Waals surface area contributed by atoms with Gasteiger partial charge in [0.1, 0.15) is 0 Å². The van der Waals surface area contributed by atoms with Crippen molar-refractivity contribution in [1.29, 1.82) is 0 Å². The van der Waals surface area contributed by atoms with Gasteiger partial charge in [0.05, 0.1) is 0 Å². The highest BCUT2D eigenvalue weighted by molar-refractivity contribution is 5.50. The Bertz CT molecular complexity index is 97.7. The van der Waals surface area contributed by atoms with E-state index in [4.69, 9.17) is 0 Å². The second kappa shape index (κ2) is 4.30. The number of unbranched alkanes of at least 4 members (excludes halogenated alkanes) is 2. The smallest absolute Gasteiger partial charge is 0.291 e. The monoisotopic (exact) mass is 153 g/mol. The molecule has 0 bridgehead atoms. The summed E-state index contributed by atoms with van der Waals surface area (Å²) in [5, 5.41) is 0. The van der Waals surface area contributed by atoms with Gasteiger partial charge in [-0.3, -0.25) is 4.79 Å². The Morgan fingerprint density at radius 2 is 1.80 bits per heavy atom. The Morgan fingerprint density at radius 3 is 2.20 bits per heavy atom. The predicted molar refractivity (Wildman–Crippen MR) is 30.2 cm³/mol. The van der Waals surface area contributed by atoms with E-state index in [0.29, 0.717) is 0 Å². The molecule has 59 valence electrons. The fourth-order valence-corrected chi connectivity index (χ4v) is 0.523. The normalized spacial score (nSPS) is 11.5. The van der Waals surface area contributed by atoms with Crippen LogP contribution >= 0.6 is 0 Å². The fourth-order valence-electron chi connectivity index (χ4n) is 0.523. The molecule has 0 aromatic rings. The van der Waals surface area contributed by atoms with E-state index in [0.717, 1.165) is 0 Å². The first-order chi connectivity index (χ1) is 4.56. The van der Waals surface area contributed by atoms with Gasteiger partial charge in [-0.05, 0) is 12.8 Å². The Hall–Kier alpha value is -0.540. The lowest BCUT2D eigenvalue weighted by atomic mass is 10.2. The minimum Gasteiger partial charge on any atom is -0.291 e. The summed E-state index contributed by atoms with van der Waals surface area (Å²) in [4.78, 5) is 9.52.